The maximum Gasteiger partial charge on any atom is 0.164 e. The molecule has 1 nitrogen and oxygen atoms in total. The molecule has 1 aromatic rings. The smallest absolute Gasteiger partial charge is 0.164 e. The van der Waals surface area contributed by atoms with Gasteiger partial charge in [0, 0.05) is 17.4 Å². The largest absolute Gasteiger partial charge is 0.294 e. The van der Waals surface area contributed by atoms with Gasteiger partial charge in [0.05, 0.1) is 2.88 Å². The highest BCUT2D eigenvalue weighted by molar-refractivity contribution is 14.1. The Hall–Kier alpha value is 0.1000. The van der Waals surface area contributed by atoms with Crippen LogP contribution in [0, 0.1) is 8.80 Å². The Kier molecular flexibility index (Phi) is 3.60. The van der Waals surface area contributed by atoms with Crippen molar-refractivity contribution in [3.63, 3.8) is 0 Å². The maximum absolute atomic E-state index is 11.8. The molecule has 1 aromatic heterocycles. The van der Waals surface area contributed by atoms with Crippen LogP contribution in [-0.4, -0.2) is 5.78 Å². The molecule has 0 atom stereocenters. The lowest BCUT2D eigenvalue weighted by atomic mass is 9.98. The van der Waals surface area contributed by atoms with Gasteiger partial charge in [0.2, 0.25) is 0 Å². The van der Waals surface area contributed by atoms with Crippen molar-refractivity contribution in [2.24, 2.45) is 5.92 Å². The number of carbonyl (C=O) groups excluding carboxylic acids is 1. The first-order chi connectivity index (χ1) is 6.75. The second kappa shape index (κ2) is 4.75. The molecule has 1 fully saturated rings. The van der Waals surface area contributed by atoms with Gasteiger partial charge in [0.1, 0.15) is 0 Å². The number of halogens is 1. The van der Waals surface area contributed by atoms with Crippen LogP contribution in [0.25, 0.3) is 0 Å². The van der Waals surface area contributed by atoms with Gasteiger partial charge in [-0.2, -0.15) is 0 Å². The van der Waals surface area contributed by atoms with Crippen molar-refractivity contribution < 1.29 is 4.79 Å². The number of hydrogen-bond acceptors (Lipinski definition) is 2. The molecule has 0 aromatic carbocycles. The molecule has 1 aliphatic rings. The van der Waals surface area contributed by atoms with Crippen molar-refractivity contribution >= 4 is 39.7 Å². The summed E-state index contributed by atoms with van der Waals surface area (Å²) in [4.78, 5) is 11.8. The fraction of sp³-hybridized carbons (Fsp3) is 0.545. The van der Waals surface area contributed by atoms with Crippen molar-refractivity contribution in [2.45, 2.75) is 32.1 Å². The molecular weight excluding hydrogens is 307 g/mol. The number of hydrogen-bond donors (Lipinski definition) is 0. The van der Waals surface area contributed by atoms with E-state index in [0.717, 1.165) is 12.0 Å². The lowest BCUT2D eigenvalue weighted by Gasteiger charge is -2.05. The zero-order valence-corrected chi connectivity index (χ0v) is 10.9. The molecule has 0 N–H and O–H groups in total. The standard InChI is InChI=1S/C11H13IOS/c12-11-6-9(7-14-11)10(13)5-8-3-1-2-4-8/h6-8H,1-5H2. The molecular formula is C11H13IOS. The van der Waals surface area contributed by atoms with Gasteiger partial charge in [-0.25, -0.2) is 0 Å². The molecule has 14 heavy (non-hydrogen) atoms. The van der Waals surface area contributed by atoms with Crippen LogP contribution in [0.2, 0.25) is 0 Å². The summed E-state index contributed by atoms with van der Waals surface area (Å²) in [6, 6.07) is 2.00. The minimum absolute atomic E-state index is 0.344. The van der Waals surface area contributed by atoms with Crippen molar-refractivity contribution in [3.05, 3.63) is 19.9 Å². The summed E-state index contributed by atoms with van der Waals surface area (Å²) in [6.45, 7) is 0. The lowest BCUT2D eigenvalue weighted by molar-refractivity contribution is 0.0962. The predicted molar refractivity (Wildman–Crippen MR) is 67.9 cm³/mol. The third-order valence-corrected chi connectivity index (χ3v) is 4.63. The number of rotatable bonds is 3. The third-order valence-electron chi connectivity index (χ3n) is 2.84. The molecule has 0 spiro atoms. The summed E-state index contributed by atoms with van der Waals surface area (Å²) < 4.78 is 1.21. The van der Waals surface area contributed by atoms with Crippen LogP contribution in [-0.2, 0) is 0 Å². The molecule has 0 amide bonds. The van der Waals surface area contributed by atoms with Crippen molar-refractivity contribution in [3.8, 4) is 0 Å². The van der Waals surface area contributed by atoms with Crippen LogP contribution in [0.1, 0.15) is 42.5 Å². The Morgan fingerprint density at radius 1 is 1.50 bits per heavy atom. The molecule has 0 radical (unpaired) electrons. The van der Waals surface area contributed by atoms with Gasteiger partial charge >= 0.3 is 0 Å². The summed E-state index contributed by atoms with van der Waals surface area (Å²) in [5, 5.41) is 1.99. The molecule has 0 aliphatic heterocycles. The quantitative estimate of drug-likeness (QED) is 0.605. The van der Waals surface area contributed by atoms with E-state index in [1.807, 2.05) is 11.4 Å². The van der Waals surface area contributed by atoms with Crippen LogP contribution in [0.4, 0.5) is 0 Å². The van der Waals surface area contributed by atoms with Crippen LogP contribution in [0.15, 0.2) is 11.4 Å². The highest BCUT2D eigenvalue weighted by Gasteiger charge is 2.19. The number of thiophene rings is 1. The first kappa shape index (κ1) is 10.6. The second-order valence-corrected chi connectivity index (χ2v) is 6.72. The number of ketones is 1. The molecule has 1 aliphatic carbocycles. The van der Waals surface area contributed by atoms with Crippen LogP contribution >= 0.6 is 33.9 Å². The molecule has 1 heterocycles. The van der Waals surface area contributed by atoms with Gasteiger partial charge in [-0.05, 0) is 34.6 Å². The summed E-state index contributed by atoms with van der Waals surface area (Å²) >= 11 is 3.92. The normalized spacial score (nSPS) is 17.5. The highest BCUT2D eigenvalue weighted by Crippen LogP contribution is 2.29. The average molecular weight is 320 g/mol. The van der Waals surface area contributed by atoms with E-state index in [0.29, 0.717) is 11.7 Å². The molecule has 3 heteroatoms. The van der Waals surface area contributed by atoms with Gasteiger partial charge in [0.25, 0.3) is 0 Å². The van der Waals surface area contributed by atoms with Crippen LogP contribution < -0.4 is 0 Å². The van der Waals surface area contributed by atoms with Crippen LogP contribution in [0.3, 0.4) is 0 Å². The highest BCUT2D eigenvalue weighted by atomic mass is 127. The summed E-state index contributed by atoms with van der Waals surface area (Å²) in [6.07, 6.45) is 5.92. The minimum Gasteiger partial charge on any atom is -0.294 e. The Bertz CT molecular complexity index is 326. The number of Topliss-reactive ketones (excluding diaryl/α,β-unsaturated/α-hetero) is 1. The van der Waals surface area contributed by atoms with E-state index in [1.165, 1.54) is 28.6 Å². The predicted octanol–water partition coefficient (Wildman–Crippen LogP) is 4.12. The van der Waals surface area contributed by atoms with E-state index in [2.05, 4.69) is 22.6 Å². The van der Waals surface area contributed by atoms with Crippen molar-refractivity contribution in [1.82, 2.24) is 0 Å². The maximum atomic E-state index is 11.8. The fourth-order valence-electron chi connectivity index (χ4n) is 2.05. The van der Waals surface area contributed by atoms with Gasteiger partial charge in [-0.1, -0.05) is 25.7 Å². The van der Waals surface area contributed by atoms with E-state index in [9.17, 15) is 4.79 Å². The first-order valence-electron chi connectivity index (χ1n) is 5.03. The van der Waals surface area contributed by atoms with E-state index in [1.54, 1.807) is 11.3 Å². The van der Waals surface area contributed by atoms with Crippen molar-refractivity contribution in [2.75, 3.05) is 0 Å². The molecule has 76 valence electrons. The van der Waals surface area contributed by atoms with Gasteiger partial charge in [-0.15, -0.1) is 11.3 Å². The summed E-state index contributed by atoms with van der Waals surface area (Å²) in [5.41, 5.74) is 0.923. The van der Waals surface area contributed by atoms with E-state index >= 15 is 0 Å². The second-order valence-electron chi connectivity index (χ2n) is 3.92. The SMILES string of the molecule is O=C(CC1CCCC1)c1csc(I)c1. The average Bonchev–Trinajstić information content (AvgIpc) is 2.75. The summed E-state index contributed by atoms with van der Waals surface area (Å²) in [7, 11) is 0. The Morgan fingerprint density at radius 2 is 2.21 bits per heavy atom. The van der Waals surface area contributed by atoms with Crippen LogP contribution in [0.5, 0.6) is 0 Å². The Balaban J connectivity index is 1.95. The van der Waals surface area contributed by atoms with Crippen molar-refractivity contribution in [1.29, 1.82) is 0 Å². The minimum atomic E-state index is 0.344. The summed E-state index contributed by atoms with van der Waals surface area (Å²) in [5.74, 6) is 1.01. The zero-order chi connectivity index (χ0) is 9.97. The molecule has 2 rings (SSSR count). The molecule has 1 saturated carbocycles. The van der Waals surface area contributed by atoms with Gasteiger partial charge in [-0.3, -0.25) is 4.79 Å². The first-order valence-corrected chi connectivity index (χ1v) is 6.99. The van der Waals surface area contributed by atoms with E-state index in [-0.39, 0.29) is 0 Å². The molecule has 0 saturated heterocycles. The van der Waals surface area contributed by atoms with Gasteiger partial charge in [0.15, 0.2) is 5.78 Å². The molecule has 0 bridgehead atoms. The monoisotopic (exact) mass is 320 g/mol. The third kappa shape index (κ3) is 2.57. The molecule has 0 unspecified atom stereocenters. The topological polar surface area (TPSA) is 17.1 Å². The zero-order valence-electron chi connectivity index (χ0n) is 7.96. The Morgan fingerprint density at radius 3 is 2.79 bits per heavy atom. The fourth-order valence-corrected chi connectivity index (χ4v) is 3.40. The number of carbonyl (C=O) groups is 1. The lowest BCUT2D eigenvalue weighted by Crippen LogP contribution is -2.04. The van der Waals surface area contributed by atoms with E-state index < -0.39 is 0 Å². The Labute approximate surface area is 102 Å². The van der Waals surface area contributed by atoms with E-state index in [4.69, 9.17) is 0 Å². The van der Waals surface area contributed by atoms with Gasteiger partial charge < -0.3 is 0 Å².